The van der Waals surface area contributed by atoms with Crippen molar-refractivity contribution in [2.24, 2.45) is 4.99 Å². The van der Waals surface area contributed by atoms with E-state index in [9.17, 15) is 0 Å². The normalized spacial score (nSPS) is 10.6. The Bertz CT molecular complexity index is 127. The van der Waals surface area contributed by atoms with Gasteiger partial charge in [0.2, 0.25) is 0 Å². The van der Waals surface area contributed by atoms with Gasteiger partial charge in [-0.2, -0.15) is 0 Å². The third-order valence-corrected chi connectivity index (χ3v) is 1.21. The van der Waals surface area contributed by atoms with Gasteiger partial charge >= 0.3 is 0 Å². The van der Waals surface area contributed by atoms with Crippen molar-refractivity contribution in [1.82, 2.24) is 0 Å². The number of hydrogen-bond acceptors (Lipinski definition) is 3. The summed E-state index contributed by atoms with van der Waals surface area (Å²) in [6.07, 6.45) is 0. The quantitative estimate of drug-likeness (QED) is 0.443. The van der Waals surface area contributed by atoms with Crippen LogP contribution in [0.2, 0.25) is 0 Å². The van der Waals surface area contributed by atoms with Gasteiger partial charge in [0.15, 0.2) is 0 Å². The molecule has 0 amide bonds. The second-order valence-electron chi connectivity index (χ2n) is 2.37. The molecule has 3 heteroatoms. The highest BCUT2D eigenvalue weighted by molar-refractivity contribution is 7.78. The molecule has 9 heavy (non-hydrogen) atoms. The maximum atomic E-state index is 5.06. The lowest BCUT2D eigenvalue weighted by Gasteiger charge is -2.18. The highest BCUT2D eigenvalue weighted by Gasteiger charge is 2.14. The molecule has 0 spiro atoms. The number of methoxy groups -OCH3 is 1. The molecule has 52 valence electrons. The maximum absolute atomic E-state index is 5.06. The number of ether oxygens (including phenoxy) is 1. The number of rotatable bonds is 3. The van der Waals surface area contributed by atoms with E-state index in [-0.39, 0.29) is 5.60 Å². The molecule has 0 bridgehead atoms. The molecule has 0 aliphatic heterocycles. The van der Waals surface area contributed by atoms with E-state index in [0.29, 0.717) is 6.54 Å². The minimum Gasteiger partial charge on any atom is -0.377 e. The fraction of sp³-hybridized carbons (Fsp3) is 0.833. The summed E-state index contributed by atoms with van der Waals surface area (Å²) in [6, 6.07) is 0. The van der Waals surface area contributed by atoms with E-state index in [0.717, 1.165) is 0 Å². The Morgan fingerprint density at radius 1 is 1.67 bits per heavy atom. The van der Waals surface area contributed by atoms with E-state index in [1.54, 1.807) is 7.11 Å². The van der Waals surface area contributed by atoms with E-state index in [1.807, 2.05) is 13.8 Å². The third kappa shape index (κ3) is 4.28. The SMILES string of the molecule is COC(C)(C)CN=C=S. The molecule has 0 heterocycles. The summed E-state index contributed by atoms with van der Waals surface area (Å²) in [5.74, 6) is 0. The van der Waals surface area contributed by atoms with Crippen molar-refractivity contribution in [3.8, 4) is 0 Å². The molecular formula is C6H11NOS. The van der Waals surface area contributed by atoms with Crippen molar-refractivity contribution >= 4 is 17.4 Å². The summed E-state index contributed by atoms with van der Waals surface area (Å²) in [4.78, 5) is 3.75. The maximum Gasteiger partial charge on any atom is 0.0825 e. The summed E-state index contributed by atoms with van der Waals surface area (Å²) in [5.41, 5.74) is -0.203. The molecule has 2 nitrogen and oxygen atoms in total. The number of hydrogen-bond donors (Lipinski definition) is 0. The highest BCUT2D eigenvalue weighted by atomic mass is 32.1. The molecule has 0 aliphatic rings. The van der Waals surface area contributed by atoms with Crippen LogP contribution in [0.3, 0.4) is 0 Å². The average Bonchev–Trinajstić information content (AvgIpc) is 1.84. The zero-order chi connectivity index (χ0) is 7.33. The minimum absolute atomic E-state index is 0.203. The van der Waals surface area contributed by atoms with E-state index in [1.165, 1.54) is 0 Å². The molecule has 0 fully saturated rings. The summed E-state index contributed by atoms with van der Waals surface area (Å²) in [7, 11) is 1.65. The average molecular weight is 145 g/mol. The predicted molar refractivity (Wildman–Crippen MR) is 41.0 cm³/mol. The standard InChI is InChI=1S/C6H11NOS/c1-6(2,8-3)4-7-5-9/h4H2,1-3H3. The Kier molecular flexibility index (Phi) is 3.62. The summed E-state index contributed by atoms with van der Waals surface area (Å²) >= 11 is 4.40. The topological polar surface area (TPSA) is 21.6 Å². The van der Waals surface area contributed by atoms with Crippen molar-refractivity contribution < 1.29 is 4.74 Å². The van der Waals surface area contributed by atoms with Crippen LogP contribution in [0.4, 0.5) is 0 Å². The van der Waals surface area contributed by atoms with Crippen LogP contribution >= 0.6 is 12.2 Å². The van der Waals surface area contributed by atoms with Crippen LogP contribution < -0.4 is 0 Å². The second-order valence-corrected chi connectivity index (χ2v) is 2.55. The van der Waals surface area contributed by atoms with Crippen LogP contribution in [0.15, 0.2) is 4.99 Å². The lowest BCUT2D eigenvalue weighted by molar-refractivity contribution is 0.0313. The van der Waals surface area contributed by atoms with Gasteiger partial charge in [0.25, 0.3) is 0 Å². The van der Waals surface area contributed by atoms with Gasteiger partial charge in [0.05, 0.1) is 17.3 Å². The Morgan fingerprint density at radius 3 is 2.56 bits per heavy atom. The molecule has 0 radical (unpaired) electrons. The molecular weight excluding hydrogens is 134 g/mol. The van der Waals surface area contributed by atoms with Gasteiger partial charge in [-0.25, -0.2) is 4.99 Å². The monoisotopic (exact) mass is 145 g/mol. The predicted octanol–water partition coefficient (Wildman–Crippen LogP) is 1.51. The summed E-state index contributed by atoms with van der Waals surface area (Å²) < 4.78 is 5.06. The molecule has 0 rings (SSSR count). The zero-order valence-corrected chi connectivity index (χ0v) is 6.79. The molecule has 0 saturated carbocycles. The first-order valence-electron chi connectivity index (χ1n) is 2.71. The number of isothiocyanates is 1. The molecule has 0 aromatic carbocycles. The van der Waals surface area contributed by atoms with Gasteiger partial charge in [-0.3, -0.25) is 0 Å². The van der Waals surface area contributed by atoms with Gasteiger partial charge in [-0.1, -0.05) is 0 Å². The summed E-state index contributed by atoms with van der Waals surface area (Å²) in [6.45, 7) is 4.47. The number of nitrogens with zero attached hydrogens (tertiary/aromatic N) is 1. The Morgan fingerprint density at radius 2 is 2.22 bits per heavy atom. The molecule has 0 saturated heterocycles. The van der Waals surface area contributed by atoms with E-state index >= 15 is 0 Å². The van der Waals surface area contributed by atoms with Crippen LogP contribution in [-0.4, -0.2) is 24.4 Å². The lowest BCUT2D eigenvalue weighted by Crippen LogP contribution is -2.25. The van der Waals surface area contributed by atoms with Crippen LogP contribution in [0, 0.1) is 0 Å². The van der Waals surface area contributed by atoms with E-state index in [4.69, 9.17) is 4.74 Å². The fourth-order valence-corrected chi connectivity index (χ4v) is 0.352. The first kappa shape index (κ1) is 8.76. The van der Waals surface area contributed by atoms with E-state index in [2.05, 4.69) is 22.4 Å². The van der Waals surface area contributed by atoms with Crippen LogP contribution in [0.5, 0.6) is 0 Å². The first-order chi connectivity index (χ1) is 4.12. The smallest absolute Gasteiger partial charge is 0.0825 e. The van der Waals surface area contributed by atoms with Crippen molar-refractivity contribution in [1.29, 1.82) is 0 Å². The molecule has 0 aromatic rings. The highest BCUT2D eigenvalue weighted by Crippen LogP contribution is 2.05. The Labute approximate surface area is 60.9 Å². The van der Waals surface area contributed by atoms with Crippen LogP contribution in [0.1, 0.15) is 13.8 Å². The number of thiocarbonyl (C=S) groups is 1. The van der Waals surface area contributed by atoms with Gasteiger partial charge in [0.1, 0.15) is 0 Å². The third-order valence-electron chi connectivity index (χ3n) is 1.08. The van der Waals surface area contributed by atoms with Gasteiger partial charge in [-0.05, 0) is 26.1 Å². The molecule has 0 atom stereocenters. The van der Waals surface area contributed by atoms with Crippen molar-refractivity contribution in [3.63, 3.8) is 0 Å². The Hall–Kier alpha value is -0.240. The van der Waals surface area contributed by atoms with Crippen LogP contribution in [0.25, 0.3) is 0 Å². The van der Waals surface area contributed by atoms with Gasteiger partial charge in [-0.15, -0.1) is 0 Å². The Balaban J connectivity index is 3.71. The number of aliphatic imine (C=N–C) groups is 1. The van der Waals surface area contributed by atoms with Gasteiger partial charge < -0.3 is 4.74 Å². The van der Waals surface area contributed by atoms with E-state index < -0.39 is 0 Å². The zero-order valence-electron chi connectivity index (χ0n) is 5.97. The van der Waals surface area contributed by atoms with Gasteiger partial charge in [0, 0.05) is 7.11 Å². The lowest BCUT2D eigenvalue weighted by atomic mass is 10.1. The minimum atomic E-state index is -0.203. The fourth-order valence-electron chi connectivity index (χ4n) is 0.287. The van der Waals surface area contributed by atoms with Crippen molar-refractivity contribution in [3.05, 3.63) is 0 Å². The van der Waals surface area contributed by atoms with Crippen LogP contribution in [-0.2, 0) is 4.74 Å². The first-order valence-corrected chi connectivity index (χ1v) is 3.12. The largest absolute Gasteiger partial charge is 0.377 e. The molecule has 0 unspecified atom stereocenters. The molecule has 0 N–H and O–H groups in total. The second kappa shape index (κ2) is 3.72. The molecule has 0 aliphatic carbocycles. The molecule has 0 aromatic heterocycles. The van der Waals surface area contributed by atoms with Crippen molar-refractivity contribution in [2.45, 2.75) is 19.4 Å². The van der Waals surface area contributed by atoms with Crippen molar-refractivity contribution in [2.75, 3.05) is 13.7 Å². The summed E-state index contributed by atoms with van der Waals surface area (Å²) in [5, 5.41) is 2.29.